The molecular formula is C14H28N4. The average molecular weight is 252 g/mol. The molecule has 1 N–H and O–H groups in total. The SMILES string of the molecule is CC(C)CNCc1cncn1C(C)CCN(C)C. The van der Waals surface area contributed by atoms with E-state index in [0.29, 0.717) is 12.0 Å². The van der Waals surface area contributed by atoms with Gasteiger partial charge in [0.2, 0.25) is 0 Å². The summed E-state index contributed by atoms with van der Waals surface area (Å²) in [4.78, 5) is 6.50. The molecule has 1 aromatic rings. The van der Waals surface area contributed by atoms with E-state index in [1.807, 2.05) is 12.5 Å². The Morgan fingerprint density at radius 1 is 1.33 bits per heavy atom. The zero-order valence-corrected chi connectivity index (χ0v) is 12.5. The predicted octanol–water partition coefficient (Wildman–Crippen LogP) is 2.14. The molecule has 1 rings (SSSR count). The Bertz CT molecular complexity index is 330. The Hall–Kier alpha value is -0.870. The maximum absolute atomic E-state index is 4.28. The number of hydrogen-bond donors (Lipinski definition) is 1. The lowest BCUT2D eigenvalue weighted by molar-refractivity contribution is 0.353. The Labute approximate surface area is 111 Å². The lowest BCUT2D eigenvalue weighted by Crippen LogP contribution is -2.22. The highest BCUT2D eigenvalue weighted by Crippen LogP contribution is 2.14. The zero-order chi connectivity index (χ0) is 13.5. The molecule has 1 atom stereocenters. The van der Waals surface area contributed by atoms with Crippen LogP contribution in [0.4, 0.5) is 0 Å². The van der Waals surface area contributed by atoms with Crippen LogP contribution in [0, 0.1) is 5.92 Å². The number of imidazole rings is 1. The van der Waals surface area contributed by atoms with Crippen LogP contribution in [0.15, 0.2) is 12.5 Å². The monoisotopic (exact) mass is 252 g/mol. The first-order valence-electron chi connectivity index (χ1n) is 6.86. The van der Waals surface area contributed by atoms with Crippen LogP contribution in [0.1, 0.15) is 38.9 Å². The number of aromatic nitrogens is 2. The van der Waals surface area contributed by atoms with Gasteiger partial charge in [-0.05, 0) is 46.4 Å². The molecule has 1 unspecified atom stereocenters. The fraction of sp³-hybridized carbons (Fsp3) is 0.786. The molecule has 18 heavy (non-hydrogen) atoms. The van der Waals surface area contributed by atoms with Crippen molar-refractivity contribution in [1.29, 1.82) is 0 Å². The maximum Gasteiger partial charge on any atom is 0.0951 e. The number of nitrogens with one attached hydrogen (secondary N) is 1. The second-order valence-electron chi connectivity index (χ2n) is 5.76. The molecule has 0 amide bonds. The lowest BCUT2D eigenvalue weighted by Gasteiger charge is -2.19. The minimum Gasteiger partial charge on any atom is -0.331 e. The maximum atomic E-state index is 4.28. The fourth-order valence-corrected chi connectivity index (χ4v) is 1.94. The van der Waals surface area contributed by atoms with E-state index in [4.69, 9.17) is 0 Å². The van der Waals surface area contributed by atoms with Crippen LogP contribution in [0.2, 0.25) is 0 Å². The smallest absolute Gasteiger partial charge is 0.0951 e. The van der Waals surface area contributed by atoms with E-state index in [1.54, 1.807) is 0 Å². The predicted molar refractivity (Wildman–Crippen MR) is 76.7 cm³/mol. The van der Waals surface area contributed by atoms with Crippen LogP contribution in [-0.2, 0) is 6.54 Å². The molecule has 4 heteroatoms. The van der Waals surface area contributed by atoms with Crippen molar-refractivity contribution in [2.45, 2.75) is 39.8 Å². The molecule has 0 radical (unpaired) electrons. The minimum absolute atomic E-state index is 0.505. The van der Waals surface area contributed by atoms with Crippen molar-refractivity contribution in [1.82, 2.24) is 19.8 Å². The largest absolute Gasteiger partial charge is 0.331 e. The molecular weight excluding hydrogens is 224 g/mol. The van der Waals surface area contributed by atoms with Gasteiger partial charge in [-0.3, -0.25) is 0 Å². The van der Waals surface area contributed by atoms with Gasteiger partial charge in [0.1, 0.15) is 0 Å². The molecule has 0 aromatic carbocycles. The molecule has 0 saturated heterocycles. The number of nitrogens with zero attached hydrogens (tertiary/aromatic N) is 3. The summed E-state index contributed by atoms with van der Waals surface area (Å²) < 4.78 is 2.29. The first-order valence-corrected chi connectivity index (χ1v) is 6.86. The lowest BCUT2D eigenvalue weighted by atomic mass is 10.2. The summed E-state index contributed by atoms with van der Waals surface area (Å²) in [5.74, 6) is 0.688. The molecule has 104 valence electrons. The summed E-state index contributed by atoms with van der Waals surface area (Å²) in [5, 5.41) is 3.48. The van der Waals surface area contributed by atoms with Crippen LogP contribution >= 0.6 is 0 Å². The molecule has 0 aliphatic heterocycles. The molecule has 0 bridgehead atoms. The molecule has 0 fully saturated rings. The topological polar surface area (TPSA) is 33.1 Å². The molecule has 0 saturated carbocycles. The van der Waals surface area contributed by atoms with Crippen molar-refractivity contribution in [3.8, 4) is 0 Å². The van der Waals surface area contributed by atoms with Gasteiger partial charge in [0.25, 0.3) is 0 Å². The molecule has 0 aliphatic carbocycles. The van der Waals surface area contributed by atoms with Crippen molar-refractivity contribution in [3.63, 3.8) is 0 Å². The number of hydrogen-bond acceptors (Lipinski definition) is 3. The first-order chi connectivity index (χ1) is 8.50. The zero-order valence-electron chi connectivity index (χ0n) is 12.5. The second kappa shape index (κ2) is 7.54. The highest BCUT2D eigenvalue weighted by atomic mass is 15.1. The van der Waals surface area contributed by atoms with E-state index >= 15 is 0 Å². The van der Waals surface area contributed by atoms with Crippen molar-refractivity contribution >= 4 is 0 Å². The fourth-order valence-electron chi connectivity index (χ4n) is 1.94. The van der Waals surface area contributed by atoms with Gasteiger partial charge in [-0.1, -0.05) is 13.8 Å². The van der Waals surface area contributed by atoms with Gasteiger partial charge in [0.05, 0.1) is 12.0 Å². The summed E-state index contributed by atoms with van der Waals surface area (Å²) >= 11 is 0. The van der Waals surface area contributed by atoms with E-state index in [1.165, 1.54) is 5.69 Å². The van der Waals surface area contributed by atoms with E-state index in [9.17, 15) is 0 Å². The van der Waals surface area contributed by atoms with E-state index < -0.39 is 0 Å². The van der Waals surface area contributed by atoms with Gasteiger partial charge >= 0.3 is 0 Å². The van der Waals surface area contributed by atoms with Crippen molar-refractivity contribution < 1.29 is 0 Å². The standard InChI is InChI=1S/C14H28N4/c1-12(2)8-15-9-14-10-16-11-18(14)13(3)6-7-17(4)5/h10-13,15H,6-9H2,1-5H3. The third-order valence-electron chi connectivity index (χ3n) is 3.07. The van der Waals surface area contributed by atoms with E-state index in [0.717, 1.165) is 26.1 Å². The third kappa shape index (κ3) is 5.19. The molecule has 1 heterocycles. The van der Waals surface area contributed by atoms with Crippen molar-refractivity contribution in [2.24, 2.45) is 5.92 Å². The van der Waals surface area contributed by atoms with Gasteiger partial charge in [0, 0.05) is 18.8 Å². The van der Waals surface area contributed by atoms with E-state index in [-0.39, 0.29) is 0 Å². The number of rotatable bonds is 8. The first kappa shape index (κ1) is 15.2. The minimum atomic E-state index is 0.505. The summed E-state index contributed by atoms with van der Waals surface area (Å²) in [7, 11) is 4.23. The van der Waals surface area contributed by atoms with Crippen molar-refractivity contribution in [3.05, 3.63) is 18.2 Å². The van der Waals surface area contributed by atoms with Crippen LogP contribution < -0.4 is 5.32 Å². The Morgan fingerprint density at radius 3 is 2.67 bits per heavy atom. The Balaban J connectivity index is 2.47. The third-order valence-corrected chi connectivity index (χ3v) is 3.07. The molecule has 1 aromatic heterocycles. The van der Waals surface area contributed by atoms with Gasteiger partial charge in [-0.15, -0.1) is 0 Å². The van der Waals surface area contributed by atoms with Gasteiger partial charge in [0.15, 0.2) is 0 Å². The molecule has 0 aliphatic rings. The molecule has 0 spiro atoms. The summed E-state index contributed by atoms with van der Waals surface area (Å²) in [6.07, 6.45) is 5.08. The molecule has 4 nitrogen and oxygen atoms in total. The highest BCUT2D eigenvalue weighted by Gasteiger charge is 2.09. The second-order valence-corrected chi connectivity index (χ2v) is 5.76. The van der Waals surface area contributed by atoms with Crippen LogP contribution in [0.5, 0.6) is 0 Å². The normalized spacial score (nSPS) is 13.5. The highest BCUT2D eigenvalue weighted by molar-refractivity contribution is 4.99. The van der Waals surface area contributed by atoms with E-state index in [2.05, 4.69) is 54.6 Å². The summed E-state index contributed by atoms with van der Waals surface area (Å²) in [6, 6.07) is 0.505. The van der Waals surface area contributed by atoms with Gasteiger partial charge < -0.3 is 14.8 Å². The van der Waals surface area contributed by atoms with Gasteiger partial charge in [-0.2, -0.15) is 0 Å². The van der Waals surface area contributed by atoms with Crippen LogP contribution in [-0.4, -0.2) is 41.6 Å². The Morgan fingerprint density at radius 2 is 2.06 bits per heavy atom. The van der Waals surface area contributed by atoms with Crippen LogP contribution in [0.3, 0.4) is 0 Å². The van der Waals surface area contributed by atoms with Crippen LogP contribution in [0.25, 0.3) is 0 Å². The average Bonchev–Trinajstić information content (AvgIpc) is 2.73. The Kier molecular flexibility index (Phi) is 6.36. The summed E-state index contributed by atoms with van der Waals surface area (Å²) in [6.45, 7) is 9.78. The van der Waals surface area contributed by atoms with Crippen molar-refractivity contribution in [2.75, 3.05) is 27.2 Å². The van der Waals surface area contributed by atoms with Gasteiger partial charge in [-0.25, -0.2) is 4.98 Å². The quantitative estimate of drug-likeness (QED) is 0.769. The summed E-state index contributed by atoms with van der Waals surface area (Å²) in [5.41, 5.74) is 1.28.